The third-order valence-electron chi connectivity index (χ3n) is 3.61. The van der Waals surface area contributed by atoms with Crippen LogP contribution in [0, 0.1) is 0 Å². The Hall–Kier alpha value is -2.23. The molecule has 1 heterocycles. The quantitative estimate of drug-likeness (QED) is 0.826. The van der Waals surface area contributed by atoms with Gasteiger partial charge < -0.3 is 4.42 Å². The monoisotopic (exact) mass is 274 g/mol. The van der Waals surface area contributed by atoms with E-state index < -0.39 is 17.6 Å². The number of halogens is 2. The van der Waals surface area contributed by atoms with E-state index in [4.69, 9.17) is 4.42 Å². The van der Waals surface area contributed by atoms with Crippen molar-refractivity contribution in [3.8, 4) is 0 Å². The summed E-state index contributed by atoms with van der Waals surface area (Å²) in [6, 6.07) is 11.6. The van der Waals surface area contributed by atoms with E-state index in [9.17, 15) is 13.6 Å². The van der Waals surface area contributed by atoms with Crippen LogP contribution in [-0.4, -0.2) is 11.7 Å². The Morgan fingerprint density at radius 1 is 1.10 bits per heavy atom. The Morgan fingerprint density at radius 3 is 2.40 bits per heavy atom. The lowest BCUT2D eigenvalue weighted by Gasteiger charge is -2.17. The number of benzene rings is 1. The minimum absolute atomic E-state index is 0.0944. The van der Waals surface area contributed by atoms with Crippen LogP contribution in [0.15, 0.2) is 58.7 Å². The highest BCUT2D eigenvalue weighted by molar-refractivity contribution is 6.28. The van der Waals surface area contributed by atoms with Gasteiger partial charge in [-0.05, 0) is 30.2 Å². The largest absolute Gasteiger partial charge is 0.468 e. The minimum atomic E-state index is -3.47. The van der Waals surface area contributed by atoms with E-state index in [-0.39, 0.29) is 11.3 Å². The third kappa shape index (κ3) is 1.72. The molecule has 0 spiro atoms. The summed E-state index contributed by atoms with van der Waals surface area (Å²) in [6.07, 6.45) is 1.34. The van der Waals surface area contributed by atoms with Gasteiger partial charge in [0, 0.05) is 5.57 Å². The smallest absolute Gasteiger partial charge is 0.323 e. The molecule has 0 bridgehead atoms. The number of Topliss-reactive ketones (excluding diaryl/α,β-unsaturated/α-hetero) is 1. The van der Waals surface area contributed by atoms with Gasteiger partial charge in [0.1, 0.15) is 11.7 Å². The first-order valence-corrected chi connectivity index (χ1v) is 6.25. The summed E-state index contributed by atoms with van der Waals surface area (Å²) < 4.78 is 33.7. The SMILES string of the molecule is CC1=C(c2ccccc2)C(=O)C(F)(F)C1c1ccco1. The van der Waals surface area contributed by atoms with Crippen molar-refractivity contribution in [1.29, 1.82) is 0 Å². The maximum atomic E-state index is 14.3. The van der Waals surface area contributed by atoms with Crippen LogP contribution in [-0.2, 0) is 4.79 Å². The van der Waals surface area contributed by atoms with Gasteiger partial charge in [0.05, 0.1) is 6.26 Å². The number of carbonyl (C=O) groups excluding carboxylic acids is 1. The van der Waals surface area contributed by atoms with Crippen molar-refractivity contribution in [2.24, 2.45) is 0 Å². The Bertz CT molecular complexity index is 670. The molecule has 0 N–H and O–H groups in total. The third-order valence-corrected chi connectivity index (χ3v) is 3.61. The average Bonchev–Trinajstić information content (AvgIpc) is 2.98. The van der Waals surface area contributed by atoms with Crippen LogP contribution >= 0.6 is 0 Å². The standard InChI is InChI=1S/C16H12F2O2/c1-10-13(11-6-3-2-4-7-11)15(19)16(17,18)14(10)12-8-5-9-20-12/h2-9,14H,1H3. The van der Waals surface area contributed by atoms with E-state index in [0.29, 0.717) is 11.1 Å². The lowest BCUT2D eigenvalue weighted by molar-refractivity contribution is -0.137. The molecular formula is C16H12F2O2. The van der Waals surface area contributed by atoms with E-state index in [1.54, 1.807) is 43.3 Å². The van der Waals surface area contributed by atoms with Crippen molar-refractivity contribution in [2.45, 2.75) is 18.8 Å². The molecule has 2 aromatic rings. The molecule has 0 saturated carbocycles. The van der Waals surface area contributed by atoms with Gasteiger partial charge in [0.15, 0.2) is 0 Å². The van der Waals surface area contributed by atoms with Crippen molar-refractivity contribution in [2.75, 3.05) is 0 Å². The van der Waals surface area contributed by atoms with Gasteiger partial charge in [0.2, 0.25) is 5.78 Å². The Morgan fingerprint density at radius 2 is 1.80 bits per heavy atom. The second kappa shape index (κ2) is 4.40. The fourth-order valence-corrected chi connectivity index (χ4v) is 2.70. The fraction of sp³-hybridized carbons (Fsp3) is 0.188. The van der Waals surface area contributed by atoms with E-state index in [1.165, 1.54) is 12.3 Å². The molecule has 3 rings (SSSR count). The van der Waals surface area contributed by atoms with Crippen LogP contribution in [0.3, 0.4) is 0 Å². The molecule has 4 heteroatoms. The van der Waals surface area contributed by atoms with Crippen LogP contribution in [0.1, 0.15) is 24.2 Å². The first kappa shape index (κ1) is 12.8. The van der Waals surface area contributed by atoms with Crippen molar-refractivity contribution in [1.82, 2.24) is 0 Å². The molecule has 1 aliphatic rings. The van der Waals surface area contributed by atoms with Gasteiger partial charge in [-0.25, -0.2) is 0 Å². The predicted molar refractivity (Wildman–Crippen MR) is 70.4 cm³/mol. The van der Waals surface area contributed by atoms with Gasteiger partial charge in [-0.3, -0.25) is 4.79 Å². The molecular weight excluding hydrogens is 262 g/mol. The topological polar surface area (TPSA) is 30.2 Å². The minimum Gasteiger partial charge on any atom is -0.468 e. The van der Waals surface area contributed by atoms with Gasteiger partial charge in [0.25, 0.3) is 0 Å². The second-order valence-corrected chi connectivity index (χ2v) is 4.82. The molecule has 0 fully saturated rings. The molecule has 20 heavy (non-hydrogen) atoms. The van der Waals surface area contributed by atoms with Crippen molar-refractivity contribution in [3.63, 3.8) is 0 Å². The van der Waals surface area contributed by atoms with E-state index in [1.807, 2.05) is 0 Å². The average molecular weight is 274 g/mol. The summed E-state index contributed by atoms with van der Waals surface area (Å²) in [6.45, 7) is 1.56. The van der Waals surface area contributed by atoms with Crippen molar-refractivity contribution < 1.29 is 18.0 Å². The second-order valence-electron chi connectivity index (χ2n) is 4.82. The fourth-order valence-electron chi connectivity index (χ4n) is 2.70. The van der Waals surface area contributed by atoms with Crippen LogP contribution in [0.25, 0.3) is 5.57 Å². The molecule has 0 saturated heterocycles. The summed E-state index contributed by atoms with van der Waals surface area (Å²) in [4.78, 5) is 12.1. The molecule has 0 aliphatic heterocycles. The number of carbonyl (C=O) groups is 1. The van der Waals surface area contributed by atoms with Crippen LogP contribution in [0.4, 0.5) is 8.78 Å². The van der Waals surface area contributed by atoms with Crippen molar-refractivity contribution >= 4 is 11.4 Å². The van der Waals surface area contributed by atoms with Crippen molar-refractivity contribution in [3.05, 3.63) is 65.6 Å². The normalized spacial score (nSPS) is 21.6. The summed E-state index contributed by atoms with van der Waals surface area (Å²) in [5.74, 6) is -5.80. The number of alkyl halides is 2. The highest BCUT2D eigenvalue weighted by Gasteiger charge is 2.57. The van der Waals surface area contributed by atoms with Crippen LogP contribution in [0.5, 0.6) is 0 Å². The maximum absolute atomic E-state index is 14.3. The van der Waals surface area contributed by atoms with Crippen LogP contribution in [0.2, 0.25) is 0 Å². The summed E-state index contributed by atoms with van der Waals surface area (Å²) >= 11 is 0. The maximum Gasteiger partial charge on any atom is 0.323 e. The summed E-state index contributed by atoms with van der Waals surface area (Å²) in [5, 5.41) is 0. The first-order chi connectivity index (χ1) is 9.53. The summed E-state index contributed by atoms with van der Waals surface area (Å²) in [5.41, 5.74) is 0.960. The van der Waals surface area contributed by atoms with Gasteiger partial charge in [-0.1, -0.05) is 30.3 Å². The van der Waals surface area contributed by atoms with Gasteiger partial charge in [-0.2, -0.15) is 8.78 Å². The predicted octanol–water partition coefficient (Wildman–Crippen LogP) is 4.05. The molecule has 1 aliphatic carbocycles. The molecule has 2 nitrogen and oxygen atoms in total. The zero-order valence-corrected chi connectivity index (χ0v) is 10.8. The Balaban J connectivity index is 2.17. The molecule has 1 atom stereocenters. The van der Waals surface area contributed by atoms with E-state index in [2.05, 4.69) is 0 Å². The zero-order chi connectivity index (χ0) is 14.3. The lowest BCUT2D eigenvalue weighted by atomic mass is 9.96. The van der Waals surface area contributed by atoms with Crippen LogP contribution < -0.4 is 0 Å². The summed E-state index contributed by atoms with van der Waals surface area (Å²) in [7, 11) is 0. The number of ketones is 1. The van der Waals surface area contributed by atoms with Gasteiger partial charge >= 0.3 is 5.92 Å². The zero-order valence-electron chi connectivity index (χ0n) is 10.8. The first-order valence-electron chi connectivity index (χ1n) is 6.25. The molecule has 1 aromatic heterocycles. The molecule has 0 amide bonds. The number of hydrogen-bond donors (Lipinski definition) is 0. The Kier molecular flexibility index (Phi) is 2.82. The highest BCUT2D eigenvalue weighted by Crippen LogP contribution is 2.50. The number of hydrogen-bond acceptors (Lipinski definition) is 2. The molecule has 1 aromatic carbocycles. The number of furan rings is 1. The highest BCUT2D eigenvalue weighted by atomic mass is 19.3. The molecule has 1 unspecified atom stereocenters. The van der Waals surface area contributed by atoms with E-state index >= 15 is 0 Å². The molecule has 0 radical (unpaired) electrons. The number of rotatable bonds is 2. The number of allylic oxidation sites excluding steroid dienone is 2. The van der Waals surface area contributed by atoms with E-state index in [0.717, 1.165) is 0 Å². The Labute approximate surface area is 114 Å². The molecule has 102 valence electrons. The van der Waals surface area contributed by atoms with Gasteiger partial charge in [-0.15, -0.1) is 0 Å². The lowest BCUT2D eigenvalue weighted by Crippen LogP contribution is -2.30.